The number of benzene rings is 5. The van der Waals surface area contributed by atoms with Crippen LogP contribution in [0.1, 0.15) is 0 Å². The van der Waals surface area contributed by atoms with E-state index in [1.54, 1.807) is 0 Å². The van der Waals surface area contributed by atoms with Gasteiger partial charge in [-0.15, -0.1) is 0 Å². The van der Waals surface area contributed by atoms with Crippen molar-refractivity contribution in [2.24, 2.45) is 0 Å². The molecule has 5 aromatic carbocycles. The highest BCUT2D eigenvalue weighted by Gasteiger charge is 2.13. The van der Waals surface area contributed by atoms with Crippen LogP contribution in [-0.4, -0.2) is 4.57 Å². The molecule has 1 aromatic heterocycles. The molecule has 0 fully saturated rings. The molecule has 0 atom stereocenters. The van der Waals surface area contributed by atoms with E-state index >= 15 is 0 Å². The molecule has 0 unspecified atom stereocenters. The average molecular weight is 369 g/mol. The Bertz CT molecular complexity index is 1490. The minimum absolute atomic E-state index is 1.20. The number of hydrogen-bond acceptors (Lipinski definition) is 0. The van der Waals surface area contributed by atoms with E-state index in [1.165, 1.54) is 49.4 Å². The number of rotatable bonds is 2. The molecule has 29 heavy (non-hydrogen) atoms. The summed E-state index contributed by atoms with van der Waals surface area (Å²) in [4.78, 5) is 0. The highest BCUT2D eigenvalue weighted by atomic mass is 15.0. The van der Waals surface area contributed by atoms with E-state index in [0.29, 0.717) is 0 Å². The molecule has 0 saturated carbocycles. The molecule has 1 heterocycles. The van der Waals surface area contributed by atoms with Gasteiger partial charge in [0.2, 0.25) is 0 Å². The second kappa shape index (κ2) is 6.35. The Kier molecular flexibility index (Phi) is 3.54. The highest BCUT2D eigenvalue weighted by molar-refractivity contribution is 6.10. The van der Waals surface area contributed by atoms with Gasteiger partial charge in [0.25, 0.3) is 0 Å². The van der Waals surface area contributed by atoms with Crippen molar-refractivity contribution in [1.82, 2.24) is 4.57 Å². The first kappa shape index (κ1) is 16.1. The first-order valence-electron chi connectivity index (χ1n) is 9.96. The van der Waals surface area contributed by atoms with Crippen molar-refractivity contribution in [2.75, 3.05) is 0 Å². The standard InChI is InChI=1S/C28H19N/c1-2-8-20(9-3-1)23-15-17-28-26(19-23)25-12-6-7-13-27(25)29(28)24-16-14-21-10-4-5-11-22(21)18-24/h1-19H. The predicted octanol–water partition coefficient (Wildman–Crippen LogP) is 7.60. The Morgan fingerprint density at radius 3 is 2.03 bits per heavy atom. The maximum absolute atomic E-state index is 2.38. The zero-order chi connectivity index (χ0) is 19.2. The van der Waals surface area contributed by atoms with Crippen LogP contribution >= 0.6 is 0 Å². The number of aromatic nitrogens is 1. The van der Waals surface area contributed by atoms with Gasteiger partial charge in [0.05, 0.1) is 11.0 Å². The number of hydrogen-bond donors (Lipinski definition) is 0. The molecule has 0 aliphatic carbocycles. The summed E-state index contributed by atoms with van der Waals surface area (Å²) in [5, 5.41) is 5.10. The lowest BCUT2D eigenvalue weighted by atomic mass is 10.0. The second-order valence-corrected chi connectivity index (χ2v) is 7.48. The van der Waals surface area contributed by atoms with E-state index in [4.69, 9.17) is 0 Å². The average Bonchev–Trinajstić information content (AvgIpc) is 3.13. The third-order valence-electron chi connectivity index (χ3n) is 5.77. The Labute approximate surface area is 169 Å². The van der Waals surface area contributed by atoms with E-state index in [2.05, 4.69) is 120 Å². The number of para-hydroxylation sites is 1. The molecule has 0 saturated heterocycles. The van der Waals surface area contributed by atoms with Gasteiger partial charge in [0.15, 0.2) is 0 Å². The second-order valence-electron chi connectivity index (χ2n) is 7.48. The van der Waals surface area contributed by atoms with E-state index in [9.17, 15) is 0 Å². The molecule has 1 heteroatoms. The number of fused-ring (bicyclic) bond motifs is 4. The van der Waals surface area contributed by atoms with Gasteiger partial charge in [-0.3, -0.25) is 0 Å². The summed E-state index contributed by atoms with van der Waals surface area (Å²) < 4.78 is 2.38. The quantitative estimate of drug-likeness (QED) is 0.296. The van der Waals surface area contributed by atoms with Crippen LogP contribution in [0.25, 0.3) is 49.4 Å². The van der Waals surface area contributed by atoms with Crippen LogP contribution in [0.2, 0.25) is 0 Å². The third-order valence-corrected chi connectivity index (χ3v) is 5.77. The molecule has 6 aromatic rings. The molecule has 0 aliphatic rings. The topological polar surface area (TPSA) is 4.93 Å². The van der Waals surface area contributed by atoms with Crippen molar-refractivity contribution in [2.45, 2.75) is 0 Å². The first-order chi connectivity index (χ1) is 14.4. The van der Waals surface area contributed by atoms with Crippen LogP contribution in [0, 0.1) is 0 Å². The molecule has 6 rings (SSSR count). The molecule has 0 bridgehead atoms. The summed E-state index contributed by atoms with van der Waals surface area (Å²) in [7, 11) is 0. The van der Waals surface area contributed by atoms with Gasteiger partial charge in [-0.25, -0.2) is 0 Å². The third kappa shape index (κ3) is 2.55. The van der Waals surface area contributed by atoms with Crippen molar-refractivity contribution in [3.63, 3.8) is 0 Å². The van der Waals surface area contributed by atoms with Crippen molar-refractivity contribution in [3.8, 4) is 16.8 Å². The molecule has 136 valence electrons. The molecule has 0 N–H and O–H groups in total. The highest BCUT2D eigenvalue weighted by Crippen LogP contribution is 2.35. The van der Waals surface area contributed by atoms with Crippen molar-refractivity contribution < 1.29 is 0 Å². The van der Waals surface area contributed by atoms with E-state index in [-0.39, 0.29) is 0 Å². The van der Waals surface area contributed by atoms with Gasteiger partial charge in [-0.2, -0.15) is 0 Å². The lowest BCUT2D eigenvalue weighted by molar-refractivity contribution is 1.19. The predicted molar refractivity (Wildman–Crippen MR) is 124 cm³/mol. The SMILES string of the molecule is c1ccc(-c2ccc3c(c2)c2ccccc2n3-c2ccc3ccccc3c2)cc1. The van der Waals surface area contributed by atoms with Crippen molar-refractivity contribution in [1.29, 1.82) is 0 Å². The maximum Gasteiger partial charge on any atom is 0.0541 e. The maximum atomic E-state index is 2.38. The van der Waals surface area contributed by atoms with Crippen LogP contribution in [0.4, 0.5) is 0 Å². The van der Waals surface area contributed by atoms with Crippen molar-refractivity contribution in [3.05, 3.63) is 115 Å². The van der Waals surface area contributed by atoms with Gasteiger partial charge in [-0.05, 0) is 52.2 Å². The van der Waals surface area contributed by atoms with E-state index < -0.39 is 0 Å². The van der Waals surface area contributed by atoms with Crippen LogP contribution < -0.4 is 0 Å². The zero-order valence-corrected chi connectivity index (χ0v) is 15.9. The van der Waals surface area contributed by atoms with Gasteiger partial charge in [0.1, 0.15) is 0 Å². The van der Waals surface area contributed by atoms with Crippen LogP contribution in [0.5, 0.6) is 0 Å². The summed E-state index contributed by atoms with van der Waals surface area (Å²) in [6, 6.07) is 41.3. The molecule has 0 aliphatic heterocycles. The normalized spacial score (nSPS) is 11.4. The van der Waals surface area contributed by atoms with Gasteiger partial charge >= 0.3 is 0 Å². The molecule has 0 amide bonds. The number of nitrogens with zero attached hydrogens (tertiary/aromatic N) is 1. The molecule has 0 radical (unpaired) electrons. The Morgan fingerprint density at radius 1 is 0.414 bits per heavy atom. The fourth-order valence-corrected chi connectivity index (χ4v) is 4.38. The lowest BCUT2D eigenvalue weighted by Crippen LogP contribution is -1.93. The smallest absolute Gasteiger partial charge is 0.0541 e. The van der Waals surface area contributed by atoms with Crippen LogP contribution in [0.15, 0.2) is 115 Å². The van der Waals surface area contributed by atoms with Crippen molar-refractivity contribution >= 4 is 32.6 Å². The van der Waals surface area contributed by atoms with Crippen LogP contribution in [0.3, 0.4) is 0 Å². The Hall–Kier alpha value is -3.84. The zero-order valence-electron chi connectivity index (χ0n) is 15.9. The Morgan fingerprint density at radius 2 is 1.14 bits per heavy atom. The Balaban J connectivity index is 1.66. The summed E-state index contributed by atoms with van der Waals surface area (Å²) in [5.74, 6) is 0. The largest absolute Gasteiger partial charge is 0.309 e. The summed E-state index contributed by atoms with van der Waals surface area (Å²) in [5.41, 5.74) is 6.17. The van der Waals surface area contributed by atoms with E-state index in [1.807, 2.05) is 0 Å². The lowest BCUT2D eigenvalue weighted by Gasteiger charge is -2.10. The molecule has 1 nitrogen and oxygen atoms in total. The van der Waals surface area contributed by atoms with Gasteiger partial charge in [-0.1, -0.05) is 84.9 Å². The molecular weight excluding hydrogens is 350 g/mol. The van der Waals surface area contributed by atoms with E-state index in [0.717, 1.165) is 0 Å². The minimum atomic E-state index is 1.20. The fraction of sp³-hybridized carbons (Fsp3) is 0. The first-order valence-corrected chi connectivity index (χ1v) is 9.96. The van der Waals surface area contributed by atoms with Gasteiger partial charge in [0, 0.05) is 16.5 Å². The monoisotopic (exact) mass is 369 g/mol. The molecule has 0 spiro atoms. The van der Waals surface area contributed by atoms with Gasteiger partial charge < -0.3 is 4.57 Å². The summed E-state index contributed by atoms with van der Waals surface area (Å²) >= 11 is 0. The fourth-order valence-electron chi connectivity index (χ4n) is 4.38. The summed E-state index contributed by atoms with van der Waals surface area (Å²) in [6.45, 7) is 0. The summed E-state index contributed by atoms with van der Waals surface area (Å²) in [6.07, 6.45) is 0. The van der Waals surface area contributed by atoms with Crippen LogP contribution in [-0.2, 0) is 0 Å². The minimum Gasteiger partial charge on any atom is -0.309 e. The molecular formula is C28H19N.